The minimum absolute atomic E-state index is 0.0557. The Hall–Kier alpha value is -1.82. The summed E-state index contributed by atoms with van der Waals surface area (Å²) in [5, 5.41) is 1.20. The molecule has 2 aromatic carbocycles. The van der Waals surface area contributed by atoms with Crippen molar-refractivity contribution < 1.29 is 9.47 Å². The quantitative estimate of drug-likeness (QED) is 0.614. The number of ether oxygens (including phenoxy) is 2. The molecule has 1 fully saturated rings. The van der Waals surface area contributed by atoms with Crippen molar-refractivity contribution in [3.05, 3.63) is 64.8 Å². The zero-order valence-corrected chi connectivity index (χ0v) is 16.5. The monoisotopic (exact) mass is 414 g/mol. The van der Waals surface area contributed by atoms with Crippen LogP contribution in [0.4, 0.5) is 0 Å². The predicted octanol–water partition coefficient (Wildman–Crippen LogP) is 4.51. The van der Waals surface area contributed by atoms with Gasteiger partial charge in [0.15, 0.2) is 0 Å². The third-order valence-corrected chi connectivity index (χ3v) is 5.34. The molecule has 0 amide bonds. The Morgan fingerprint density at radius 2 is 1.96 bits per heavy atom. The summed E-state index contributed by atoms with van der Waals surface area (Å²) in [4.78, 5) is 2.31. The lowest BCUT2D eigenvalue weighted by atomic mass is 10.2. The van der Waals surface area contributed by atoms with Gasteiger partial charge in [0.2, 0.25) is 0 Å². The molecular formula is C21H23BrN2O2. The average molecular weight is 415 g/mol. The number of rotatable bonds is 5. The van der Waals surface area contributed by atoms with Crippen LogP contribution in [0.15, 0.2) is 59.2 Å². The fourth-order valence-corrected chi connectivity index (χ4v) is 3.88. The lowest BCUT2D eigenvalue weighted by Crippen LogP contribution is -2.44. The van der Waals surface area contributed by atoms with Crippen molar-refractivity contribution in [2.45, 2.75) is 19.7 Å². The fraction of sp³-hybridized carbons (Fsp3) is 0.333. The first-order chi connectivity index (χ1) is 12.7. The maximum absolute atomic E-state index is 6.16. The molecule has 3 aromatic rings. The van der Waals surface area contributed by atoms with Crippen molar-refractivity contribution in [3.8, 4) is 5.75 Å². The summed E-state index contributed by atoms with van der Waals surface area (Å²) in [6.45, 7) is 6.37. The van der Waals surface area contributed by atoms with Crippen LogP contribution in [-0.2, 0) is 11.3 Å². The molecule has 1 aromatic heterocycles. The Bertz CT molecular complexity index is 887. The number of benzene rings is 2. The van der Waals surface area contributed by atoms with E-state index in [1.807, 2.05) is 0 Å². The van der Waals surface area contributed by atoms with Gasteiger partial charge in [0.05, 0.1) is 13.2 Å². The second-order valence-corrected chi connectivity index (χ2v) is 7.58. The molecule has 0 saturated carbocycles. The molecule has 1 unspecified atom stereocenters. The smallest absolute Gasteiger partial charge is 0.149 e. The number of aromatic nitrogens is 1. The Morgan fingerprint density at radius 1 is 1.12 bits per heavy atom. The molecule has 0 N–H and O–H groups in total. The van der Waals surface area contributed by atoms with Gasteiger partial charge in [0, 0.05) is 41.2 Å². The number of halogens is 1. The highest BCUT2D eigenvalue weighted by Gasteiger charge is 2.18. The van der Waals surface area contributed by atoms with Crippen LogP contribution >= 0.6 is 15.9 Å². The van der Waals surface area contributed by atoms with Crippen molar-refractivity contribution in [2.75, 3.05) is 26.3 Å². The molecule has 26 heavy (non-hydrogen) atoms. The van der Waals surface area contributed by atoms with Crippen molar-refractivity contribution in [3.63, 3.8) is 0 Å². The first-order valence-electron chi connectivity index (χ1n) is 9.01. The maximum atomic E-state index is 6.16. The number of nitrogens with zero attached hydrogens (tertiary/aromatic N) is 2. The van der Waals surface area contributed by atoms with Crippen molar-refractivity contribution in [1.29, 1.82) is 0 Å². The average Bonchev–Trinajstić information content (AvgIpc) is 3.04. The highest BCUT2D eigenvalue weighted by atomic mass is 79.9. The third kappa shape index (κ3) is 3.95. The SMILES string of the molecule is CC(Oc1ccc2c(ccn2Cc2cccc(Br)c2)c1)N1CCOCC1. The van der Waals surface area contributed by atoms with Crippen LogP contribution in [0.1, 0.15) is 12.5 Å². The highest BCUT2D eigenvalue weighted by molar-refractivity contribution is 9.10. The molecule has 1 aliphatic heterocycles. The van der Waals surface area contributed by atoms with Crippen LogP contribution in [0.3, 0.4) is 0 Å². The molecule has 136 valence electrons. The molecule has 1 saturated heterocycles. The zero-order valence-electron chi connectivity index (χ0n) is 14.9. The molecule has 5 heteroatoms. The first kappa shape index (κ1) is 17.6. The molecule has 0 spiro atoms. The van der Waals surface area contributed by atoms with Crippen LogP contribution in [0.5, 0.6) is 5.75 Å². The number of morpholine rings is 1. The normalized spacial score (nSPS) is 16.7. The summed E-state index contributed by atoms with van der Waals surface area (Å²) in [6.07, 6.45) is 2.20. The molecule has 1 atom stereocenters. The Balaban J connectivity index is 1.49. The minimum atomic E-state index is 0.0557. The van der Waals surface area contributed by atoms with Gasteiger partial charge in [0.25, 0.3) is 0 Å². The highest BCUT2D eigenvalue weighted by Crippen LogP contribution is 2.24. The van der Waals surface area contributed by atoms with Gasteiger partial charge >= 0.3 is 0 Å². The molecule has 4 rings (SSSR count). The van der Waals surface area contributed by atoms with E-state index in [2.05, 4.69) is 87.0 Å². The van der Waals surface area contributed by atoms with E-state index in [4.69, 9.17) is 9.47 Å². The summed E-state index contributed by atoms with van der Waals surface area (Å²) >= 11 is 3.54. The van der Waals surface area contributed by atoms with Crippen molar-refractivity contribution in [1.82, 2.24) is 9.47 Å². The summed E-state index contributed by atoms with van der Waals surface area (Å²) < 4.78 is 15.0. The summed E-state index contributed by atoms with van der Waals surface area (Å²) in [5.74, 6) is 0.914. The van der Waals surface area contributed by atoms with Crippen LogP contribution < -0.4 is 4.74 Å². The van der Waals surface area contributed by atoms with Crippen LogP contribution in [0.25, 0.3) is 10.9 Å². The third-order valence-electron chi connectivity index (χ3n) is 4.85. The van der Waals surface area contributed by atoms with E-state index in [1.54, 1.807) is 0 Å². The lowest BCUT2D eigenvalue weighted by molar-refractivity contribution is -0.0372. The van der Waals surface area contributed by atoms with Crippen LogP contribution in [0.2, 0.25) is 0 Å². The number of hydrogen-bond acceptors (Lipinski definition) is 3. The molecule has 0 radical (unpaired) electrons. The van der Waals surface area contributed by atoms with E-state index in [0.717, 1.165) is 43.1 Å². The predicted molar refractivity (Wildman–Crippen MR) is 108 cm³/mol. The van der Waals surface area contributed by atoms with Crippen LogP contribution in [-0.4, -0.2) is 42.0 Å². The minimum Gasteiger partial charge on any atom is -0.475 e. The summed E-state index contributed by atoms with van der Waals surface area (Å²) in [6, 6.07) is 16.9. The molecule has 2 heterocycles. The molecule has 0 aliphatic carbocycles. The second-order valence-electron chi connectivity index (χ2n) is 6.66. The fourth-order valence-electron chi connectivity index (χ4n) is 3.43. The van der Waals surface area contributed by atoms with E-state index >= 15 is 0 Å². The Morgan fingerprint density at radius 3 is 2.77 bits per heavy atom. The molecule has 4 nitrogen and oxygen atoms in total. The van der Waals surface area contributed by atoms with E-state index in [0.29, 0.717) is 0 Å². The molecule has 0 bridgehead atoms. The lowest BCUT2D eigenvalue weighted by Gasteiger charge is -2.32. The van der Waals surface area contributed by atoms with Crippen molar-refractivity contribution >= 4 is 26.8 Å². The van der Waals surface area contributed by atoms with Crippen molar-refractivity contribution in [2.24, 2.45) is 0 Å². The summed E-state index contributed by atoms with van der Waals surface area (Å²) in [5.41, 5.74) is 2.49. The van der Waals surface area contributed by atoms with E-state index in [9.17, 15) is 0 Å². The Kier molecular flexibility index (Phi) is 5.29. The second kappa shape index (κ2) is 7.82. The zero-order chi connectivity index (χ0) is 17.9. The topological polar surface area (TPSA) is 26.6 Å². The van der Waals surface area contributed by atoms with E-state index < -0.39 is 0 Å². The van der Waals surface area contributed by atoms with Gasteiger partial charge in [-0.1, -0.05) is 28.1 Å². The number of fused-ring (bicyclic) bond motifs is 1. The Labute approximate surface area is 162 Å². The molecular weight excluding hydrogens is 392 g/mol. The van der Waals surface area contributed by atoms with Gasteiger partial charge in [-0.15, -0.1) is 0 Å². The van der Waals surface area contributed by atoms with Gasteiger partial charge in [-0.3, -0.25) is 4.90 Å². The first-order valence-corrected chi connectivity index (χ1v) is 9.80. The van der Waals surface area contributed by atoms with E-state index in [1.165, 1.54) is 16.5 Å². The van der Waals surface area contributed by atoms with E-state index in [-0.39, 0.29) is 6.23 Å². The standard InChI is InChI=1S/C21H23BrN2O2/c1-16(23-9-11-25-12-10-23)26-20-5-6-21-18(14-20)7-8-24(21)15-17-3-2-4-19(22)13-17/h2-8,13-14,16H,9-12,15H2,1H3. The number of hydrogen-bond donors (Lipinski definition) is 0. The van der Waals surface area contributed by atoms with Crippen LogP contribution in [0, 0.1) is 0 Å². The van der Waals surface area contributed by atoms with Gasteiger partial charge in [0.1, 0.15) is 12.0 Å². The maximum Gasteiger partial charge on any atom is 0.149 e. The van der Waals surface area contributed by atoms with Gasteiger partial charge in [-0.25, -0.2) is 0 Å². The van der Waals surface area contributed by atoms with Gasteiger partial charge in [-0.05, 0) is 48.9 Å². The summed E-state index contributed by atoms with van der Waals surface area (Å²) in [7, 11) is 0. The van der Waals surface area contributed by atoms with Gasteiger partial charge in [-0.2, -0.15) is 0 Å². The largest absolute Gasteiger partial charge is 0.475 e. The molecule has 1 aliphatic rings. The van der Waals surface area contributed by atoms with Gasteiger partial charge < -0.3 is 14.0 Å².